The van der Waals surface area contributed by atoms with Crippen LogP contribution < -0.4 is 0 Å². The SMILES string of the molecule is CCCCCCCOC(=O)C(C(C)C)N(C)C(=O)OCC(C)C. The number of hydrogen-bond donors (Lipinski definition) is 0. The molecule has 0 aromatic heterocycles. The number of rotatable bonds is 11. The van der Waals surface area contributed by atoms with E-state index in [0.29, 0.717) is 13.2 Å². The van der Waals surface area contributed by atoms with Crippen molar-refractivity contribution in [3.05, 3.63) is 0 Å². The summed E-state index contributed by atoms with van der Waals surface area (Å²) in [6.07, 6.45) is 5.05. The largest absolute Gasteiger partial charge is 0.464 e. The van der Waals surface area contributed by atoms with Crippen molar-refractivity contribution in [1.82, 2.24) is 4.90 Å². The fourth-order valence-corrected chi connectivity index (χ4v) is 2.29. The van der Waals surface area contributed by atoms with Crippen LogP contribution in [-0.2, 0) is 14.3 Å². The maximum atomic E-state index is 12.3. The van der Waals surface area contributed by atoms with E-state index in [1.807, 2.05) is 27.7 Å². The second-order valence-electron chi connectivity index (χ2n) is 6.85. The third-order valence-electron chi connectivity index (χ3n) is 3.61. The molecule has 0 bridgehead atoms. The van der Waals surface area contributed by atoms with Crippen LogP contribution in [0.4, 0.5) is 4.79 Å². The summed E-state index contributed by atoms with van der Waals surface area (Å²) < 4.78 is 10.5. The van der Waals surface area contributed by atoms with Gasteiger partial charge in [-0.25, -0.2) is 9.59 Å². The van der Waals surface area contributed by atoms with Crippen molar-refractivity contribution in [2.24, 2.45) is 11.8 Å². The summed E-state index contributed by atoms with van der Waals surface area (Å²) >= 11 is 0. The predicted molar refractivity (Wildman–Crippen MR) is 92.3 cm³/mol. The fourth-order valence-electron chi connectivity index (χ4n) is 2.29. The van der Waals surface area contributed by atoms with E-state index in [1.54, 1.807) is 7.05 Å². The lowest BCUT2D eigenvalue weighted by atomic mass is 10.0. The summed E-state index contributed by atoms with van der Waals surface area (Å²) in [5.41, 5.74) is 0. The number of carbonyl (C=O) groups excluding carboxylic acids is 2. The zero-order chi connectivity index (χ0) is 17.8. The molecule has 0 aliphatic rings. The van der Waals surface area contributed by atoms with Crippen molar-refractivity contribution in [3.63, 3.8) is 0 Å². The molecule has 23 heavy (non-hydrogen) atoms. The Morgan fingerprint density at radius 3 is 2.09 bits per heavy atom. The van der Waals surface area contributed by atoms with Gasteiger partial charge in [0.25, 0.3) is 0 Å². The monoisotopic (exact) mass is 329 g/mol. The van der Waals surface area contributed by atoms with E-state index in [9.17, 15) is 9.59 Å². The Kier molecular flexibility index (Phi) is 11.5. The van der Waals surface area contributed by atoms with Crippen LogP contribution in [0.1, 0.15) is 66.7 Å². The van der Waals surface area contributed by atoms with Gasteiger partial charge in [-0.05, 0) is 18.3 Å². The summed E-state index contributed by atoms with van der Waals surface area (Å²) in [6.45, 7) is 10.7. The van der Waals surface area contributed by atoms with Crippen LogP contribution in [0.5, 0.6) is 0 Å². The third-order valence-corrected chi connectivity index (χ3v) is 3.61. The zero-order valence-corrected chi connectivity index (χ0v) is 15.8. The molecule has 136 valence electrons. The number of hydrogen-bond acceptors (Lipinski definition) is 4. The molecule has 0 aliphatic carbocycles. The van der Waals surface area contributed by atoms with Gasteiger partial charge in [-0.3, -0.25) is 4.90 Å². The molecule has 1 amide bonds. The van der Waals surface area contributed by atoms with Gasteiger partial charge >= 0.3 is 12.1 Å². The minimum absolute atomic E-state index is 0.0285. The quantitative estimate of drug-likeness (QED) is 0.420. The lowest BCUT2D eigenvalue weighted by Gasteiger charge is -2.29. The number of likely N-dealkylation sites (N-methyl/N-ethyl adjacent to an activating group) is 1. The van der Waals surface area contributed by atoms with Crippen molar-refractivity contribution in [2.75, 3.05) is 20.3 Å². The maximum absolute atomic E-state index is 12.3. The lowest BCUT2D eigenvalue weighted by molar-refractivity contribution is -0.150. The van der Waals surface area contributed by atoms with Gasteiger partial charge in [0.15, 0.2) is 0 Å². The second kappa shape index (κ2) is 12.2. The Balaban J connectivity index is 4.36. The highest BCUT2D eigenvalue weighted by atomic mass is 16.6. The molecule has 1 atom stereocenters. The van der Waals surface area contributed by atoms with Gasteiger partial charge in [0.2, 0.25) is 0 Å². The minimum atomic E-state index is -0.606. The highest BCUT2D eigenvalue weighted by Gasteiger charge is 2.32. The molecule has 0 aliphatic heterocycles. The molecule has 0 radical (unpaired) electrons. The molecule has 5 nitrogen and oxygen atoms in total. The highest BCUT2D eigenvalue weighted by molar-refractivity contribution is 5.81. The number of carbonyl (C=O) groups is 2. The van der Waals surface area contributed by atoms with E-state index in [1.165, 1.54) is 24.2 Å². The molecular formula is C18H35NO4. The number of esters is 1. The first kappa shape index (κ1) is 21.7. The molecule has 0 spiro atoms. The molecule has 0 fully saturated rings. The summed E-state index contributed by atoms with van der Waals surface area (Å²) in [5, 5.41) is 0. The van der Waals surface area contributed by atoms with Crippen LogP contribution in [0.25, 0.3) is 0 Å². The third kappa shape index (κ3) is 9.47. The van der Waals surface area contributed by atoms with Gasteiger partial charge in [0.05, 0.1) is 13.2 Å². The molecule has 0 rings (SSSR count). The summed E-state index contributed by atoms with van der Waals surface area (Å²) in [6, 6.07) is -0.606. The van der Waals surface area contributed by atoms with Crippen LogP contribution in [0.3, 0.4) is 0 Å². The molecule has 0 aromatic rings. The van der Waals surface area contributed by atoms with Crippen molar-refractivity contribution < 1.29 is 19.1 Å². The molecule has 0 heterocycles. The molecule has 1 unspecified atom stereocenters. The zero-order valence-electron chi connectivity index (χ0n) is 15.8. The maximum Gasteiger partial charge on any atom is 0.410 e. The summed E-state index contributed by atoms with van der Waals surface area (Å²) in [4.78, 5) is 25.7. The van der Waals surface area contributed by atoms with Gasteiger partial charge in [-0.2, -0.15) is 0 Å². The van der Waals surface area contributed by atoms with E-state index in [-0.39, 0.29) is 17.8 Å². The Hall–Kier alpha value is -1.26. The Morgan fingerprint density at radius 2 is 1.57 bits per heavy atom. The van der Waals surface area contributed by atoms with Crippen molar-refractivity contribution >= 4 is 12.1 Å². The minimum Gasteiger partial charge on any atom is -0.464 e. The van der Waals surface area contributed by atoms with E-state index in [2.05, 4.69) is 6.92 Å². The van der Waals surface area contributed by atoms with Crippen molar-refractivity contribution in [3.8, 4) is 0 Å². The van der Waals surface area contributed by atoms with Gasteiger partial charge in [-0.1, -0.05) is 60.3 Å². The summed E-state index contributed by atoms with van der Waals surface area (Å²) in [5.74, 6) is -0.112. The Bertz CT molecular complexity index is 342. The van der Waals surface area contributed by atoms with E-state index in [4.69, 9.17) is 9.47 Å². The average molecular weight is 329 g/mol. The molecule has 0 saturated carbocycles. The second-order valence-corrected chi connectivity index (χ2v) is 6.85. The van der Waals surface area contributed by atoms with Crippen LogP contribution in [0.15, 0.2) is 0 Å². The fraction of sp³-hybridized carbons (Fsp3) is 0.889. The molecule has 0 saturated heterocycles. The average Bonchev–Trinajstić information content (AvgIpc) is 2.47. The Morgan fingerprint density at radius 1 is 0.957 bits per heavy atom. The molecular weight excluding hydrogens is 294 g/mol. The smallest absolute Gasteiger partial charge is 0.410 e. The number of unbranched alkanes of at least 4 members (excludes halogenated alkanes) is 4. The Labute approximate surface area is 141 Å². The standard InChI is InChI=1S/C18H35NO4/c1-7-8-9-10-11-12-22-17(20)16(15(4)5)19(6)18(21)23-13-14(2)3/h14-16H,7-13H2,1-6H3. The molecule has 0 aromatic carbocycles. The van der Waals surface area contributed by atoms with Crippen LogP contribution >= 0.6 is 0 Å². The number of nitrogens with zero attached hydrogens (tertiary/aromatic N) is 1. The number of ether oxygens (including phenoxy) is 2. The predicted octanol–water partition coefficient (Wildman–Crippen LogP) is 4.25. The van der Waals surface area contributed by atoms with E-state index in [0.717, 1.165) is 12.8 Å². The summed E-state index contributed by atoms with van der Waals surface area (Å²) in [7, 11) is 1.59. The molecule has 5 heteroatoms. The van der Waals surface area contributed by atoms with Crippen LogP contribution in [-0.4, -0.2) is 43.3 Å². The molecule has 0 N–H and O–H groups in total. The number of amides is 1. The first-order valence-electron chi connectivity index (χ1n) is 8.87. The highest BCUT2D eigenvalue weighted by Crippen LogP contribution is 2.13. The van der Waals surface area contributed by atoms with Crippen molar-refractivity contribution in [2.45, 2.75) is 72.8 Å². The van der Waals surface area contributed by atoms with Gasteiger partial charge < -0.3 is 9.47 Å². The van der Waals surface area contributed by atoms with Gasteiger partial charge in [0, 0.05) is 7.05 Å². The van der Waals surface area contributed by atoms with E-state index >= 15 is 0 Å². The lowest BCUT2D eigenvalue weighted by Crippen LogP contribution is -2.47. The first-order chi connectivity index (χ1) is 10.8. The van der Waals surface area contributed by atoms with Gasteiger partial charge in [-0.15, -0.1) is 0 Å². The van der Waals surface area contributed by atoms with Crippen LogP contribution in [0, 0.1) is 11.8 Å². The van der Waals surface area contributed by atoms with E-state index < -0.39 is 12.1 Å². The normalized spacial score (nSPS) is 12.3. The topological polar surface area (TPSA) is 55.8 Å². The van der Waals surface area contributed by atoms with Crippen LogP contribution in [0.2, 0.25) is 0 Å². The van der Waals surface area contributed by atoms with Crippen molar-refractivity contribution in [1.29, 1.82) is 0 Å². The first-order valence-corrected chi connectivity index (χ1v) is 8.87. The van der Waals surface area contributed by atoms with Gasteiger partial charge in [0.1, 0.15) is 6.04 Å².